The van der Waals surface area contributed by atoms with E-state index in [0.717, 1.165) is 19.3 Å². The van der Waals surface area contributed by atoms with E-state index >= 15 is 0 Å². The number of nitrogens with one attached hydrogen (secondary N) is 1. The molecular formula is C14H19N3O4. The predicted octanol–water partition coefficient (Wildman–Crippen LogP) is 1.06. The molecule has 0 bridgehead atoms. The Balaban J connectivity index is 2.23. The summed E-state index contributed by atoms with van der Waals surface area (Å²) in [7, 11) is 1.68. The SMILES string of the molecule is Cc1oc2nc[nH]c(=O)c2c1C(=O)N(C)CCCCCO. The van der Waals surface area contributed by atoms with E-state index in [9.17, 15) is 9.59 Å². The van der Waals surface area contributed by atoms with Crippen LogP contribution in [0.25, 0.3) is 11.1 Å². The van der Waals surface area contributed by atoms with Crippen LogP contribution >= 0.6 is 0 Å². The highest BCUT2D eigenvalue weighted by Crippen LogP contribution is 2.21. The molecule has 2 heterocycles. The van der Waals surface area contributed by atoms with E-state index in [1.165, 1.54) is 6.33 Å². The van der Waals surface area contributed by atoms with E-state index < -0.39 is 0 Å². The summed E-state index contributed by atoms with van der Waals surface area (Å²) in [5, 5.41) is 8.93. The van der Waals surface area contributed by atoms with E-state index in [1.807, 2.05) is 0 Å². The second-order valence-corrected chi connectivity index (χ2v) is 4.96. The molecule has 1 amide bonds. The summed E-state index contributed by atoms with van der Waals surface area (Å²) in [6, 6.07) is 0. The van der Waals surface area contributed by atoms with Gasteiger partial charge in [-0.25, -0.2) is 4.98 Å². The number of aromatic amines is 1. The number of rotatable bonds is 6. The smallest absolute Gasteiger partial charge is 0.262 e. The van der Waals surface area contributed by atoms with Gasteiger partial charge >= 0.3 is 0 Å². The molecule has 0 saturated heterocycles. The lowest BCUT2D eigenvalue weighted by Crippen LogP contribution is -2.29. The van der Waals surface area contributed by atoms with Crippen molar-refractivity contribution in [1.82, 2.24) is 14.9 Å². The molecule has 2 aromatic heterocycles. The van der Waals surface area contributed by atoms with E-state index in [2.05, 4.69) is 9.97 Å². The van der Waals surface area contributed by atoms with E-state index in [4.69, 9.17) is 9.52 Å². The van der Waals surface area contributed by atoms with Crippen molar-refractivity contribution in [3.63, 3.8) is 0 Å². The fourth-order valence-corrected chi connectivity index (χ4v) is 2.24. The number of furan rings is 1. The van der Waals surface area contributed by atoms with Gasteiger partial charge in [0.2, 0.25) is 5.71 Å². The Bertz CT molecular complexity index is 689. The van der Waals surface area contributed by atoms with Gasteiger partial charge in [0, 0.05) is 20.2 Å². The zero-order valence-electron chi connectivity index (χ0n) is 12.2. The molecule has 114 valence electrons. The van der Waals surface area contributed by atoms with Crippen LogP contribution in [0.3, 0.4) is 0 Å². The fraction of sp³-hybridized carbons (Fsp3) is 0.500. The maximum absolute atomic E-state index is 12.5. The van der Waals surface area contributed by atoms with Crippen molar-refractivity contribution >= 4 is 17.0 Å². The van der Waals surface area contributed by atoms with Gasteiger partial charge in [0.25, 0.3) is 11.5 Å². The van der Waals surface area contributed by atoms with Crippen LogP contribution in [-0.2, 0) is 0 Å². The number of fused-ring (bicyclic) bond motifs is 1. The summed E-state index contributed by atoms with van der Waals surface area (Å²) in [4.78, 5) is 32.3. The van der Waals surface area contributed by atoms with Crippen molar-refractivity contribution in [3.8, 4) is 0 Å². The molecule has 2 aromatic rings. The molecular weight excluding hydrogens is 274 g/mol. The molecule has 0 unspecified atom stereocenters. The lowest BCUT2D eigenvalue weighted by molar-refractivity contribution is 0.0792. The molecule has 7 heteroatoms. The van der Waals surface area contributed by atoms with Crippen molar-refractivity contribution in [2.24, 2.45) is 0 Å². The zero-order chi connectivity index (χ0) is 15.4. The molecule has 21 heavy (non-hydrogen) atoms. The monoisotopic (exact) mass is 293 g/mol. The maximum Gasteiger partial charge on any atom is 0.262 e. The first kappa shape index (κ1) is 15.2. The number of nitrogens with zero attached hydrogens (tertiary/aromatic N) is 2. The van der Waals surface area contributed by atoms with Crippen molar-refractivity contribution in [2.75, 3.05) is 20.2 Å². The number of carbonyl (C=O) groups excluding carboxylic acids is 1. The van der Waals surface area contributed by atoms with Crippen LogP contribution in [0.1, 0.15) is 35.4 Å². The summed E-state index contributed by atoms with van der Waals surface area (Å²) >= 11 is 0. The Morgan fingerprint density at radius 2 is 2.19 bits per heavy atom. The van der Waals surface area contributed by atoms with Gasteiger partial charge < -0.3 is 19.4 Å². The number of H-pyrrole nitrogens is 1. The molecule has 0 saturated carbocycles. The summed E-state index contributed by atoms with van der Waals surface area (Å²) < 4.78 is 5.38. The lowest BCUT2D eigenvalue weighted by Gasteiger charge is -2.16. The third kappa shape index (κ3) is 3.13. The fourth-order valence-electron chi connectivity index (χ4n) is 2.24. The number of amides is 1. The number of carbonyl (C=O) groups is 1. The Labute approximate surface area is 121 Å². The molecule has 2 N–H and O–H groups in total. The Hall–Kier alpha value is -2.15. The summed E-state index contributed by atoms with van der Waals surface area (Å²) in [6.07, 6.45) is 3.62. The highest BCUT2D eigenvalue weighted by Gasteiger charge is 2.23. The van der Waals surface area contributed by atoms with Gasteiger partial charge in [0.1, 0.15) is 11.1 Å². The first-order valence-electron chi connectivity index (χ1n) is 6.89. The lowest BCUT2D eigenvalue weighted by atomic mass is 10.1. The van der Waals surface area contributed by atoms with Gasteiger partial charge in [0.05, 0.1) is 11.9 Å². The second kappa shape index (κ2) is 6.53. The molecule has 0 spiro atoms. The number of aliphatic hydroxyl groups excluding tert-OH is 1. The highest BCUT2D eigenvalue weighted by molar-refractivity contribution is 6.06. The summed E-state index contributed by atoms with van der Waals surface area (Å²) in [6.45, 7) is 2.36. The van der Waals surface area contributed by atoms with E-state index in [0.29, 0.717) is 12.3 Å². The zero-order valence-corrected chi connectivity index (χ0v) is 12.2. The first-order valence-corrected chi connectivity index (χ1v) is 6.89. The predicted molar refractivity (Wildman–Crippen MR) is 77.3 cm³/mol. The maximum atomic E-state index is 12.5. The van der Waals surface area contributed by atoms with Crippen LogP contribution in [0.2, 0.25) is 0 Å². The number of hydrogen-bond acceptors (Lipinski definition) is 5. The molecule has 0 atom stereocenters. The number of unbranched alkanes of at least 4 members (excludes halogenated alkanes) is 2. The summed E-state index contributed by atoms with van der Waals surface area (Å²) in [5.74, 6) is 0.134. The topological polar surface area (TPSA) is 99.4 Å². The van der Waals surface area contributed by atoms with E-state index in [-0.39, 0.29) is 34.7 Å². The van der Waals surface area contributed by atoms with Crippen LogP contribution in [-0.4, -0.2) is 46.1 Å². The van der Waals surface area contributed by atoms with Crippen LogP contribution < -0.4 is 5.56 Å². The third-order valence-electron chi connectivity index (χ3n) is 3.38. The quantitative estimate of drug-likeness (QED) is 0.776. The second-order valence-electron chi connectivity index (χ2n) is 4.96. The molecule has 0 radical (unpaired) electrons. The minimum Gasteiger partial charge on any atom is -0.442 e. The number of aliphatic hydroxyl groups is 1. The minimum absolute atomic E-state index is 0.157. The normalized spacial score (nSPS) is 11.0. The Kier molecular flexibility index (Phi) is 4.74. The minimum atomic E-state index is -0.381. The van der Waals surface area contributed by atoms with Gasteiger partial charge in [-0.2, -0.15) is 0 Å². The van der Waals surface area contributed by atoms with Gasteiger partial charge in [0.15, 0.2) is 0 Å². The van der Waals surface area contributed by atoms with Crippen molar-refractivity contribution < 1.29 is 14.3 Å². The average molecular weight is 293 g/mol. The van der Waals surface area contributed by atoms with Crippen molar-refractivity contribution in [2.45, 2.75) is 26.2 Å². The number of aryl methyl sites for hydroxylation is 1. The average Bonchev–Trinajstić information content (AvgIpc) is 2.80. The molecule has 0 aliphatic heterocycles. The van der Waals surface area contributed by atoms with Crippen LogP contribution in [0.5, 0.6) is 0 Å². The molecule has 0 aromatic carbocycles. The first-order chi connectivity index (χ1) is 10.1. The van der Waals surface area contributed by atoms with Gasteiger partial charge in [-0.15, -0.1) is 0 Å². The Morgan fingerprint density at radius 1 is 1.43 bits per heavy atom. The van der Waals surface area contributed by atoms with Crippen molar-refractivity contribution in [1.29, 1.82) is 0 Å². The number of hydrogen-bond donors (Lipinski definition) is 2. The molecule has 0 aliphatic carbocycles. The van der Waals surface area contributed by atoms with Gasteiger partial charge in [-0.3, -0.25) is 9.59 Å². The van der Waals surface area contributed by atoms with Crippen molar-refractivity contribution in [3.05, 3.63) is 28.0 Å². The molecule has 0 aliphatic rings. The van der Waals surface area contributed by atoms with Crippen LogP contribution in [0.15, 0.2) is 15.5 Å². The third-order valence-corrected chi connectivity index (χ3v) is 3.38. The molecule has 2 rings (SSSR count). The van der Waals surface area contributed by atoms with E-state index in [1.54, 1.807) is 18.9 Å². The number of aromatic nitrogens is 2. The standard InChI is InChI=1S/C14H19N3O4/c1-9-10(11-12(19)15-8-16-13(11)21-9)14(20)17(2)6-4-3-5-7-18/h8,18H,3-7H2,1-2H3,(H,15,16,19). The van der Waals surface area contributed by atoms with Crippen LogP contribution in [0.4, 0.5) is 0 Å². The Morgan fingerprint density at radius 3 is 2.90 bits per heavy atom. The molecule has 7 nitrogen and oxygen atoms in total. The largest absolute Gasteiger partial charge is 0.442 e. The molecule has 0 fully saturated rings. The van der Waals surface area contributed by atoms with Gasteiger partial charge in [-0.1, -0.05) is 0 Å². The van der Waals surface area contributed by atoms with Gasteiger partial charge in [-0.05, 0) is 26.2 Å². The van der Waals surface area contributed by atoms with Crippen LogP contribution in [0, 0.1) is 6.92 Å². The summed E-state index contributed by atoms with van der Waals surface area (Å²) in [5.41, 5.74) is 0.0613. The highest BCUT2D eigenvalue weighted by atomic mass is 16.3.